The van der Waals surface area contributed by atoms with Gasteiger partial charge >= 0.3 is 0 Å². The normalized spacial score (nSPS) is 38.2. The van der Waals surface area contributed by atoms with Crippen LogP contribution in [0.1, 0.15) is 208 Å². The molecular formula is C81H102N4O8. The monoisotopic (exact) mass is 1260 g/mol. The van der Waals surface area contributed by atoms with Crippen LogP contribution < -0.4 is 0 Å². The standard InChI is InChI=1S/C21H27NO2.3C20H25NO2/c1-3-13-7-12-8-18-20(13)22(11-12)14(4-2)9-17-16-10-15(23)5-6-19(16)24-21(17)18;3*1-3-13-7-12-8-17-19(13)21(10-12)11(2)6-16-15-9-14(22)4-5-18(15)23-20(16)17/h5-6,10,12-14,18,20,23H,3-4,7-9,11H2,1-2H3;3*4-5,9,11-13,17,19,22H,3,6-8,10H2,1-2H3/t12?,13?,14-,18?,20?;3*11-,12?,13?,17?,19?/m1100/s1. The molecule has 494 valence electrons. The quantitative estimate of drug-likeness (QED) is 0.130. The Bertz CT molecular complexity index is 3810. The van der Waals surface area contributed by atoms with E-state index in [1.165, 1.54) is 155 Å². The Morgan fingerprint density at radius 2 is 0.591 bits per heavy atom. The lowest BCUT2D eigenvalue weighted by atomic mass is 9.65. The van der Waals surface area contributed by atoms with E-state index in [0.29, 0.717) is 95.0 Å². The maximum atomic E-state index is 9.96. The lowest BCUT2D eigenvalue weighted by Gasteiger charge is -2.55. The summed E-state index contributed by atoms with van der Waals surface area (Å²) in [5, 5.41) is 44.2. The van der Waals surface area contributed by atoms with Gasteiger partial charge in [0.1, 0.15) is 68.4 Å². The number of rotatable bonds is 5. The minimum Gasteiger partial charge on any atom is -0.508 e. The number of furan rings is 4. The Morgan fingerprint density at radius 1 is 0.333 bits per heavy atom. The lowest BCUT2D eigenvalue weighted by molar-refractivity contribution is -0.0432. The number of phenols is 4. The van der Waals surface area contributed by atoms with Crippen LogP contribution in [0.5, 0.6) is 23.0 Å². The van der Waals surface area contributed by atoms with Crippen LogP contribution in [0.4, 0.5) is 0 Å². The minimum atomic E-state index is 0.342. The van der Waals surface area contributed by atoms with Crippen molar-refractivity contribution in [3.63, 3.8) is 0 Å². The molecule has 12 nitrogen and oxygen atoms in total. The molecule has 0 amide bonds. The summed E-state index contributed by atoms with van der Waals surface area (Å²) in [4.78, 5) is 11.2. The highest BCUT2D eigenvalue weighted by Crippen LogP contribution is 2.58. The number of piperidine rings is 8. The third-order valence-electron chi connectivity index (χ3n) is 27.1. The van der Waals surface area contributed by atoms with E-state index in [9.17, 15) is 20.4 Å². The van der Waals surface area contributed by atoms with Gasteiger partial charge < -0.3 is 38.1 Å². The van der Waals surface area contributed by atoms with E-state index in [4.69, 9.17) is 17.7 Å². The summed E-state index contributed by atoms with van der Waals surface area (Å²) in [6.45, 7) is 23.9. The maximum absolute atomic E-state index is 9.96. The fourth-order valence-corrected chi connectivity index (χ4v) is 23.4. The fraction of sp³-hybridized carbons (Fsp3) is 0.605. The summed E-state index contributed by atoms with van der Waals surface area (Å²) in [5.74, 6) is 15.0. The van der Waals surface area contributed by atoms with E-state index in [0.717, 1.165) is 117 Å². The second-order valence-electron chi connectivity index (χ2n) is 32.1. The molecule has 0 radical (unpaired) electrons. The van der Waals surface area contributed by atoms with Gasteiger partial charge in [0.05, 0.1) is 0 Å². The predicted octanol–water partition coefficient (Wildman–Crippen LogP) is 17.5. The van der Waals surface area contributed by atoms with Crippen LogP contribution >= 0.6 is 0 Å². The third-order valence-corrected chi connectivity index (χ3v) is 27.1. The number of benzene rings is 4. The molecule has 16 bridgehead atoms. The van der Waals surface area contributed by atoms with E-state index in [1.54, 1.807) is 24.3 Å². The van der Waals surface area contributed by atoms with Gasteiger partial charge in [-0.2, -0.15) is 0 Å². The molecule has 0 spiro atoms. The molecule has 4 aromatic carbocycles. The fourth-order valence-electron chi connectivity index (χ4n) is 23.4. The van der Waals surface area contributed by atoms with Crippen molar-refractivity contribution >= 4 is 43.9 Å². The molecule has 93 heavy (non-hydrogen) atoms. The van der Waals surface area contributed by atoms with Crippen LogP contribution in [-0.4, -0.2) is 115 Å². The van der Waals surface area contributed by atoms with Crippen molar-refractivity contribution < 1.29 is 38.1 Å². The Kier molecular flexibility index (Phi) is 15.3. The zero-order chi connectivity index (χ0) is 63.6. The second-order valence-corrected chi connectivity index (χ2v) is 32.1. The van der Waals surface area contributed by atoms with E-state index in [2.05, 4.69) is 75.0 Å². The predicted molar refractivity (Wildman–Crippen MR) is 368 cm³/mol. The molecule has 12 aliphatic heterocycles. The minimum absolute atomic E-state index is 0.342. The molecule has 20 unspecified atom stereocenters. The van der Waals surface area contributed by atoms with Crippen molar-refractivity contribution in [2.24, 2.45) is 47.3 Å². The average Bonchev–Trinajstić information content (AvgIpc) is 1.66. The van der Waals surface area contributed by atoms with Crippen LogP contribution in [0.15, 0.2) is 90.5 Å². The molecule has 4 aromatic heterocycles. The number of hydrogen-bond acceptors (Lipinski definition) is 12. The molecular weight excluding hydrogens is 1160 g/mol. The van der Waals surface area contributed by atoms with E-state index in [1.807, 2.05) is 48.5 Å². The molecule has 4 aliphatic carbocycles. The van der Waals surface area contributed by atoms with Gasteiger partial charge in [-0.3, -0.25) is 19.6 Å². The summed E-state index contributed by atoms with van der Waals surface area (Å²) in [7, 11) is 0. The Balaban J connectivity index is 0.0000000946. The molecule has 8 saturated heterocycles. The van der Waals surface area contributed by atoms with Crippen LogP contribution in [0.25, 0.3) is 43.9 Å². The van der Waals surface area contributed by atoms with Crippen LogP contribution in [0.2, 0.25) is 0 Å². The van der Waals surface area contributed by atoms with Crippen molar-refractivity contribution in [2.45, 2.75) is 237 Å². The first-order valence-corrected chi connectivity index (χ1v) is 37.2. The molecule has 4 N–H and O–H groups in total. The summed E-state index contributed by atoms with van der Waals surface area (Å²) in [5.41, 5.74) is 9.25. The lowest BCUT2D eigenvalue weighted by Crippen LogP contribution is -2.59. The number of hydrogen-bond donors (Lipinski definition) is 4. The Hall–Kier alpha value is -5.92. The molecule has 8 aromatic rings. The van der Waals surface area contributed by atoms with Gasteiger partial charge in [-0.25, -0.2) is 0 Å². The van der Waals surface area contributed by atoms with Crippen molar-refractivity contribution in [3.05, 3.63) is 118 Å². The average molecular weight is 1260 g/mol. The molecule has 24 atom stereocenters. The molecule has 16 aliphatic rings. The van der Waals surface area contributed by atoms with E-state index < -0.39 is 0 Å². The highest BCUT2D eigenvalue weighted by Gasteiger charge is 2.56. The second kappa shape index (κ2) is 23.4. The van der Waals surface area contributed by atoms with Gasteiger partial charge in [0.25, 0.3) is 0 Å². The Morgan fingerprint density at radius 3 is 0.860 bits per heavy atom. The molecule has 24 rings (SSSR count). The van der Waals surface area contributed by atoms with Gasteiger partial charge in [-0.15, -0.1) is 0 Å². The largest absolute Gasteiger partial charge is 0.508 e. The summed E-state index contributed by atoms with van der Waals surface area (Å²) >= 11 is 0. The first kappa shape index (κ1) is 60.7. The van der Waals surface area contributed by atoms with Crippen molar-refractivity contribution in [2.75, 3.05) is 26.2 Å². The van der Waals surface area contributed by atoms with E-state index in [-0.39, 0.29) is 0 Å². The summed E-state index contributed by atoms with van der Waals surface area (Å²) in [6.07, 6.45) is 21.2. The number of aromatic hydroxyl groups is 4. The molecule has 12 fully saturated rings. The number of fused-ring (bicyclic) bond motifs is 16. The van der Waals surface area contributed by atoms with Gasteiger partial charge in [-0.1, -0.05) is 60.3 Å². The van der Waals surface area contributed by atoms with Crippen molar-refractivity contribution in [1.29, 1.82) is 0 Å². The smallest absolute Gasteiger partial charge is 0.134 e. The van der Waals surface area contributed by atoms with Gasteiger partial charge in [-0.05, 0) is 224 Å². The summed E-state index contributed by atoms with van der Waals surface area (Å²) < 4.78 is 25.5. The van der Waals surface area contributed by atoms with Crippen LogP contribution in [-0.2, 0) is 25.7 Å². The molecule has 16 heterocycles. The zero-order valence-electron chi connectivity index (χ0n) is 56.5. The van der Waals surface area contributed by atoms with Gasteiger partial charge in [0, 0.05) is 142 Å². The molecule has 12 heteroatoms. The first-order valence-electron chi connectivity index (χ1n) is 37.2. The SMILES string of the molecule is CCC1CC2CC3c4oc5ccc(O)cc5c4C[C@@H](C)N(C2)C13.CCC1CC2CC3c4oc5ccc(O)cc5c4C[C@@H](CC)N(C2)C13.CCC1CC2CC3c4oc5ccc(O)cc5c4C[C@H](C)N(C2)C13.CCC1CC2CC3c4oc5ccc(O)cc5c4C[C@H](C)N(C2)C13. The summed E-state index contributed by atoms with van der Waals surface area (Å²) in [6, 6.07) is 27.2. The van der Waals surface area contributed by atoms with E-state index >= 15 is 0 Å². The number of nitrogens with zero attached hydrogens (tertiary/aromatic N) is 4. The Labute approximate surface area is 550 Å². The van der Waals surface area contributed by atoms with Crippen LogP contribution in [0, 0.1) is 47.3 Å². The van der Waals surface area contributed by atoms with Crippen molar-refractivity contribution in [3.8, 4) is 23.0 Å². The highest BCUT2D eigenvalue weighted by atomic mass is 16.4. The zero-order valence-corrected chi connectivity index (χ0v) is 56.5. The van der Waals surface area contributed by atoms with Gasteiger partial charge in [0.15, 0.2) is 0 Å². The number of phenolic OH excluding ortho intramolecular Hbond substituents is 4. The highest BCUT2D eigenvalue weighted by molar-refractivity contribution is 5.87. The first-order chi connectivity index (χ1) is 45.1. The topological polar surface area (TPSA) is 146 Å². The van der Waals surface area contributed by atoms with Crippen molar-refractivity contribution in [1.82, 2.24) is 19.6 Å². The van der Waals surface area contributed by atoms with Gasteiger partial charge in [0.2, 0.25) is 0 Å². The van der Waals surface area contributed by atoms with Crippen LogP contribution in [0.3, 0.4) is 0 Å². The maximum Gasteiger partial charge on any atom is 0.134 e. The third kappa shape index (κ3) is 9.89. The molecule has 4 saturated carbocycles.